The molecule has 3 saturated carbocycles. The summed E-state index contributed by atoms with van der Waals surface area (Å²) in [6.45, 7) is 19.7. The number of rotatable bonds is 4. The summed E-state index contributed by atoms with van der Waals surface area (Å²) in [7, 11) is 5.16. The van der Waals surface area contributed by atoms with E-state index in [0.29, 0.717) is 5.41 Å². The summed E-state index contributed by atoms with van der Waals surface area (Å²) in [6.07, 6.45) is 13.1. The zero-order chi connectivity index (χ0) is 26.6. The van der Waals surface area contributed by atoms with Gasteiger partial charge in [-0.1, -0.05) is 80.3 Å². The fraction of sp³-hybridized carbons (Fsp3) is 0.968. The Hall–Kier alpha value is 0.771. The molecule has 0 radical (unpaired) electrons. The normalized spacial score (nSPS) is 33.2. The smallest absolute Gasteiger partial charge is 0.668 e. The molecular weight excluding hydrogens is 504 g/mol. The third-order valence-corrected chi connectivity index (χ3v) is 12.0. The molecule has 1 heterocycles. The summed E-state index contributed by atoms with van der Waals surface area (Å²) in [5.41, 5.74) is 0.434. The van der Waals surface area contributed by atoms with Crippen molar-refractivity contribution in [2.24, 2.45) is 35.0 Å². The SMILES string of the molecule is CC1CCC2C(C1)C1CC3CCCCC3C1N2[Si](C)(C)[N-]C(C)(C)CC(C)(C)C.C[N-]C.C[N-]C.[CH3-].[Ti+4]. The predicted molar refractivity (Wildman–Crippen MR) is 165 cm³/mol. The Labute approximate surface area is 250 Å². The first kappa shape index (κ1) is 37.8. The van der Waals surface area contributed by atoms with Gasteiger partial charge in [0.1, 0.15) is 0 Å². The maximum Gasteiger partial charge on any atom is 4.00 e. The fourth-order valence-electron chi connectivity index (χ4n) is 8.97. The average molecular weight is 569 g/mol. The first-order chi connectivity index (χ1) is 16.2. The molecule has 4 nitrogen and oxygen atoms in total. The van der Waals surface area contributed by atoms with Crippen molar-refractivity contribution < 1.29 is 21.7 Å². The molecule has 6 heteroatoms. The second-order valence-electron chi connectivity index (χ2n) is 14.7. The molecule has 4 rings (SSSR count). The molecule has 3 aliphatic carbocycles. The van der Waals surface area contributed by atoms with Gasteiger partial charge in [0.15, 0.2) is 0 Å². The zero-order valence-corrected chi connectivity index (χ0v) is 29.8. The van der Waals surface area contributed by atoms with E-state index < -0.39 is 8.40 Å². The monoisotopic (exact) mass is 568 g/mol. The Bertz CT molecular complexity index is 633. The molecule has 1 saturated heterocycles. The van der Waals surface area contributed by atoms with E-state index in [1.807, 2.05) is 0 Å². The van der Waals surface area contributed by atoms with Gasteiger partial charge in [-0.25, -0.2) is 0 Å². The van der Waals surface area contributed by atoms with Crippen LogP contribution in [0.1, 0.15) is 99.3 Å². The summed E-state index contributed by atoms with van der Waals surface area (Å²) in [5, 5.41) is 7.00. The van der Waals surface area contributed by atoms with Crippen LogP contribution in [-0.4, -0.2) is 58.8 Å². The molecule has 0 spiro atoms. The van der Waals surface area contributed by atoms with Crippen molar-refractivity contribution in [3.05, 3.63) is 23.0 Å². The average Bonchev–Trinajstić information content (AvgIpc) is 3.21. The van der Waals surface area contributed by atoms with Gasteiger partial charge < -0.3 is 27.6 Å². The Morgan fingerprint density at radius 3 is 1.86 bits per heavy atom. The van der Waals surface area contributed by atoms with Gasteiger partial charge in [0.2, 0.25) is 0 Å². The van der Waals surface area contributed by atoms with Crippen LogP contribution in [0, 0.1) is 42.4 Å². The quantitative estimate of drug-likeness (QED) is 0.246. The van der Waals surface area contributed by atoms with Crippen LogP contribution < -0.4 is 0 Å². The third-order valence-electron chi connectivity index (χ3n) is 8.94. The Morgan fingerprint density at radius 2 is 1.32 bits per heavy atom. The van der Waals surface area contributed by atoms with Crippen molar-refractivity contribution in [1.29, 1.82) is 0 Å². The van der Waals surface area contributed by atoms with Gasteiger partial charge in [-0.15, -0.1) is 5.54 Å². The standard InChI is InChI=1S/C26H49N2Si.2C2H6N.CH3.Ti/c1-18-13-14-23-21(15-18)22-16-19-11-9-10-12-20(19)24(22)28(23)29(7,8)27-26(5,6)17-25(2,3)4;2*1-3-2;;/h18-24H,9-17H2,1-8H3;2*1-2H3;1H3;/q4*-1;+4. The first-order valence-corrected chi connectivity index (χ1v) is 17.6. The molecule has 0 aromatic rings. The summed E-state index contributed by atoms with van der Waals surface area (Å²) < 4.78 is 3.16. The van der Waals surface area contributed by atoms with Gasteiger partial charge in [-0.3, -0.25) is 0 Å². The molecule has 0 amide bonds. The Balaban J connectivity index is 0.00000148. The van der Waals surface area contributed by atoms with Crippen molar-refractivity contribution in [1.82, 2.24) is 4.57 Å². The number of nitrogens with zero attached hydrogens (tertiary/aromatic N) is 4. The summed E-state index contributed by atoms with van der Waals surface area (Å²) in [5.74, 6) is 4.93. The van der Waals surface area contributed by atoms with E-state index in [2.05, 4.69) is 69.8 Å². The fourth-order valence-corrected chi connectivity index (χ4v) is 12.9. The summed E-state index contributed by atoms with van der Waals surface area (Å²) >= 11 is 0. The molecular formula is C31H64N4SiTi. The van der Waals surface area contributed by atoms with E-state index in [9.17, 15) is 0 Å². The maximum atomic E-state index is 5.78. The van der Waals surface area contributed by atoms with E-state index in [1.54, 1.807) is 34.6 Å². The van der Waals surface area contributed by atoms with Crippen LogP contribution in [0.25, 0.3) is 15.6 Å². The van der Waals surface area contributed by atoms with Gasteiger partial charge in [0.05, 0.1) is 0 Å². The topological polar surface area (TPSA) is 45.5 Å². The molecule has 0 N–H and O–H groups in total. The van der Waals surface area contributed by atoms with Crippen LogP contribution in [0.15, 0.2) is 0 Å². The second kappa shape index (κ2) is 15.7. The van der Waals surface area contributed by atoms with Crippen molar-refractivity contribution in [3.8, 4) is 0 Å². The van der Waals surface area contributed by atoms with E-state index in [4.69, 9.17) is 4.98 Å². The van der Waals surface area contributed by atoms with Crippen molar-refractivity contribution in [3.63, 3.8) is 0 Å². The molecule has 0 aromatic heterocycles. The largest absolute Gasteiger partial charge is 4.00 e. The molecule has 216 valence electrons. The number of fused-ring (bicyclic) bond motifs is 5. The zero-order valence-electron chi connectivity index (χ0n) is 27.2. The maximum absolute atomic E-state index is 5.78. The van der Waals surface area contributed by atoms with Crippen LogP contribution in [0.5, 0.6) is 0 Å². The Morgan fingerprint density at radius 1 is 0.784 bits per heavy atom. The molecule has 1 aliphatic heterocycles. The van der Waals surface area contributed by atoms with Crippen LogP contribution >= 0.6 is 0 Å². The minimum atomic E-state index is -1.84. The Kier molecular flexibility index (Phi) is 16.0. The van der Waals surface area contributed by atoms with E-state index >= 15 is 0 Å². The van der Waals surface area contributed by atoms with Crippen LogP contribution in [0.4, 0.5) is 0 Å². The molecule has 0 bridgehead atoms. The van der Waals surface area contributed by atoms with Crippen molar-refractivity contribution in [2.75, 3.05) is 28.2 Å². The molecule has 7 unspecified atom stereocenters. The van der Waals surface area contributed by atoms with Gasteiger partial charge in [0.25, 0.3) is 0 Å². The minimum absolute atomic E-state index is 0. The van der Waals surface area contributed by atoms with Gasteiger partial charge in [-0.05, 0) is 67.1 Å². The van der Waals surface area contributed by atoms with Crippen molar-refractivity contribution >= 4 is 8.40 Å². The molecule has 37 heavy (non-hydrogen) atoms. The van der Waals surface area contributed by atoms with Crippen molar-refractivity contribution in [2.45, 2.75) is 130 Å². The summed E-state index contributed by atoms with van der Waals surface area (Å²) in [4.78, 5) is 5.78. The van der Waals surface area contributed by atoms with E-state index in [1.165, 1.54) is 51.4 Å². The number of hydrogen-bond acceptors (Lipinski definition) is 1. The molecule has 0 aromatic carbocycles. The van der Waals surface area contributed by atoms with Crippen LogP contribution in [-0.2, 0) is 21.7 Å². The second-order valence-corrected chi connectivity index (χ2v) is 18.4. The summed E-state index contributed by atoms with van der Waals surface area (Å²) in [6, 6.07) is 1.72. The molecule has 7 atom stereocenters. The minimum Gasteiger partial charge on any atom is -0.668 e. The first-order valence-electron chi connectivity index (χ1n) is 14.7. The van der Waals surface area contributed by atoms with Gasteiger partial charge >= 0.3 is 21.7 Å². The van der Waals surface area contributed by atoms with Gasteiger partial charge in [0, 0.05) is 20.5 Å². The number of hydrogen-bond donors (Lipinski definition) is 0. The van der Waals surface area contributed by atoms with Crippen LogP contribution in [0.2, 0.25) is 13.1 Å². The van der Waals surface area contributed by atoms with E-state index in [0.717, 1.165) is 41.7 Å². The van der Waals surface area contributed by atoms with Gasteiger partial charge in [-0.2, -0.15) is 28.2 Å². The van der Waals surface area contributed by atoms with Crippen LogP contribution in [0.3, 0.4) is 0 Å². The van der Waals surface area contributed by atoms with E-state index in [-0.39, 0.29) is 34.7 Å². The third kappa shape index (κ3) is 9.97. The predicted octanol–water partition coefficient (Wildman–Crippen LogP) is 9.28. The molecule has 4 fully saturated rings. The molecule has 4 aliphatic rings.